The van der Waals surface area contributed by atoms with Crippen LogP contribution in [0.15, 0.2) is 176 Å². The molecule has 304 valence electrons. The minimum absolute atomic E-state index is 0.000949. The molecule has 1 aliphatic rings. The van der Waals surface area contributed by atoms with Crippen molar-refractivity contribution in [2.24, 2.45) is 0 Å². The van der Waals surface area contributed by atoms with Gasteiger partial charge >= 0.3 is 0 Å². The number of para-hydroxylation sites is 3. The van der Waals surface area contributed by atoms with Crippen molar-refractivity contribution in [2.75, 3.05) is 4.90 Å². The first kappa shape index (κ1) is 38.5. The highest BCUT2D eigenvalue weighted by Crippen LogP contribution is 2.53. The Hall–Kier alpha value is -6.42. The van der Waals surface area contributed by atoms with E-state index in [0.29, 0.717) is 0 Å². The molecule has 2 aromatic heterocycles. The van der Waals surface area contributed by atoms with Crippen LogP contribution >= 0.6 is 11.3 Å². The van der Waals surface area contributed by atoms with E-state index in [1.807, 2.05) is 11.3 Å². The van der Waals surface area contributed by atoms with Gasteiger partial charge in [0.25, 0.3) is 0 Å². The van der Waals surface area contributed by atoms with Crippen molar-refractivity contribution in [3.63, 3.8) is 0 Å². The maximum Gasteiger partial charge on any atom is 0.0619 e. The second kappa shape index (κ2) is 14.1. The average Bonchev–Trinajstić information content (AvgIpc) is 3.87. The fourth-order valence-corrected chi connectivity index (χ4v) is 11.9. The van der Waals surface area contributed by atoms with Crippen LogP contribution in [0.1, 0.15) is 71.6 Å². The van der Waals surface area contributed by atoms with Gasteiger partial charge in [0.15, 0.2) is 0 Å². The van der Waals surface area contributed by atoms with Crippen LogP contribution in [0.25, 0.3) is 69.9 Å². The van der Waals surface area contributed by atoms with Gasteiger partial charge < -0.3 is 9.47 Å². The Labute approximate surface area is 369 Å². The van der Waals surface area contributed by atoms with Gasteiger partial charge in [-0.3, -0.25) is 0 Å². The smallest absolute Gasteiger partial charge is 0.0619 e. The lowest BCUT2D eigenvalue weighted by molar-refractivity contribution is 0.403. The standard InChI is InChI=1S/C59H52N2S/c1-57(2,3)40-18-14-22-44(34-40)60(43-21-13-17-39(33-43)46-25-15-26-48-47-23-11-12-27-52(47)61(56(46)48)41-19-9-8-10-20-41)42-31-29-38(30-32-42)45-24-16-28-53-55(45)49-35-50-51(36-54(49)62-53)59(6,7)37-58(50,4)5/h8-36H,37H2,1-7H3. The Kier molecular flexibility index (Phi) is 8.73. The molecule has 3 heteroatoms. The number of anilines is 3. The fourth-order valence-electron chi connectivity index (χ4n) is 10.8. The molecule has 0 spiro atoms. The minimum atomic E-state index is 0.000949. The Morgan fingerprint density at radius 3 is 1.92 bits per heavy atom. The molecule has 0 amide bonds. The lowest BCUT2D eigenvalue weighted by Gasteiger charge is -2.28. The Balaban J connectivity index is 1.06. The molecular weight excluding hydrogens is 769 g/mol. The molecule has 2 nitrogen and oxygen atoms in total. The Bertz CT molecular complexity index is 3350. The molecule has 11 rings (SSSR count). The molecule has 0 N–H and O–H groups in total. The van der Waals surface area contributed by atoms with Crippen molar-refractivity contribution < 1.29 is 0 Å². The molecule has 0 radical (unpaired) electrons. The first-order valence-corrected chi connectivity index (χ1v) is 22.9. The minimum Gasteiger partial charge on any atom is -0.310 e. The largest absolute Gasteiger partial charge is 0.310 e. The molecule has 0 bridgehead atoms. The maximum atomic E-state index is 2.53. The van der Waals surface area contributed by atoms with Gasteiger partial charge in [-0.1, -0.05) is 152 Å². The predicted octanol–water partition coefficient (Wildman–Crippen LogP) is 17.2. The van der Waals surface area contributed by atoms with E-state index in [1.54, 1.807) is 0 Å². The molecule has 0 aliphatic heterocycles. The summed E-state index contributed by atoms with van der Waals surface area (Å²) in [6.45, 7) is 16.6. The van der Waals surface area contributed by atoms with Gasteiger partial charge in [0.1, 0.15) is 0 Å². The Morgan fingerprint density at radius 2 is 1.15 bits per heavy atom. The highest BCUT2D eigenvalue weighted by atomic mass is 32.1. The molecule has 0 atom stereocenters. The zero-order chi connectivity index (χ0) is 42.5. The zero-order valence-corrected chi connectivity index (χ0v) is 37.6. The molecule has 10 aromatic rings. The molecular formula is C59H52N2S. The SMILES string of the molecule is CC(C)(C)c1cccc(N(c2ccc(-c3cccc4sc5cc6c(cc5c34)C(C)(C)CC6(C)C)cc2)c2cccc(-c3cccc4c5ccccc5n(-c5ccccc5)c34)c2)c1. The van der Waals surface area contributed by atoms with Gasteiger partial charge in [0.05, 0.1) is 11.0 Å². The van der Waals surface area contributed by atoms with Crippen LogP contribution in [-0.4, -0.2) is 4.57 Å². The topological polar surface area (TPSA) is 8.17 Å². The van der Waals surface area contributed by atoms with Gasteiger partial charge in [-0.2, -0.15) is 0 Å². The number of benzene rings is 8. The van der Waals surface area contributed by atoms with E-state index in [2.05, 4.69) is 234 Å². The van der Waals surface area contributed by atoms with E-state index in [4.69, 9.17) is 0 Å². The van der Waals surface area contributed by atoms with Gasteiger partial charge in [-0.25, -0.2) is 0 Å². The summed E-state index contributed by atoms with van der Waals surface area (Å²) in [7, 11) is 0. The molecule has 0 saturated heterocycles. The zero-order valence-electron chi connectivity index (χ0n) is 36.8. The molecule has 1 aliphatic carbocycles. The van der Waals surface area contributed by atoms with Crippen LogP contribution in [0.3, 0.4) is 0 Å². The van der Waals surface area contributed by atoms with Crippen LogP contribution in [-0.2, 0) is 16.2 Å². The van der Waals surface area contributed by atoms with Crippen LogP contribution in [0.2, 0.25) is 0 Å². The van der Waals surface area contributed by atoms with E-state index in [1.165, 1.54) is 87.3 Å². The van der Waals surface area contributed by atoms with Crippen LogP contribution < -0.4 is 4.90 Å². The quantitative estimate of drug-likeness (QED) is 0.162. The summed E-state index contributed by atoms with van der Waals surface area (Å²) >= 11 is 1.93. The number of hydrogen-bond donors (Lipinski definition) is 0. The number of hydrogen-bond acceptors (Lipinski definition) is 2. The van der Waals surface area contributed by atoms with Crippen LogP contribution in [0.5, 0.6) is 0 Å². The number of aromatic nitrogens is 1. The third-order valence-electron chi connectivity index (χ3n) is 13.5. The van der Waals surface area contributed by atoms with Crippen molar-refractivity contribution in [3.05, 3.63) is 193 Å². The van der Waals surface area contributed by atoms with Crippen molar-refractivity contribution in [3.8, 4) is 27.9 Å². The van der Waals surface area contributed by atoms with E-state index in [-0.39, 0.29) is 16.2 Å². The van der Waals surface area contributed by atoms with Gasteiger partial charge in [0.2, 0.25) is 0 Å². The number of rotatable bonds is 6. The number of fused-ring (bicyclic) bond motifs is 7. The molecule has 0 unspecified atom stereocenters. The first-order chi connectivity index (χ1) is 29.9. The van der Waals surface area contributed by atoms with Gasteiger partial charge in [-0.05, 0) is 129 Å². The van der Waals surface area contributed by atoms with E-state index in [0.717, 1.165) is 22.7 Å². The van der Waals surface area contributed by atoms with Crippen molar-refractivity contribution in [2.45, 2.75) is 71.1 Å². The second-order valence-corrected chi connectivity index (χ2v) is 20.8. The number of nitrogens with zero attached hydrogens (tertiary/aromatic N) is 2. The van der Waals surface area contributed by atoms with E-state index >= 15 is 0 Å². The summed E-state index contributed by atoms with van der Waals surface area (Å²) in [6.07, 6.45) is 1.17. The summed E-state index contributed by atoms with van der Waals surface area (Å²) in [5.41, 5.74) is 16.5. The molecule has 0 saturated carbocycles. The van der Waals surface area contributed by atoms with Crippen molar-refractivity contribution in [1.82, 2.24) is 4.57 Å². The second-order valence-electron chi connectivity index (χ2n) is 19.7. The fraction of sp³-hybridized carbons (Fsp3) is 0.186. The van der Waals surface area contributed by atoms with E-state index in [9.17, 15) is 0 Å². The summed E-state index contributed by atoms with van der Waals surface area (Å²) < 4.78 is 5.17. The highest BCUT2D eigenvalue weighted by Gasteiger charge is 2.42. The van der Waals surface area contributed by atoms with Crippen molar-refractivity contribution in [1.29, 1.82) is 0 Å². The summed E-state index contributed by atoms with van der Waals surface area (Å²) in [4.78, 5) is 2.43. The number of thiophene rings is 1. The summed E-state index contributed by atoms with van der Waals surface area (Å²) in [5.74, 6) is 0. The third kappa shape index (κ3) is 6.20. The summed E-state index contributed by atoms with van der Waals surface area (Å²) in [6, 6.07) is 65.7. The summed E-state index contributed by atoms with van der Waals surface area (Å²) in [5, 5.41) is 5.26. The maximum absolute atomic E-state index is 2.53. The van der Waals surface area contributed by atoms with Crippen molar-refractivity contribution >= 4 is 70.4 Å². The monoisotopic (exact) mass is 820 g/mol. The van der Waals surface area contributed by atoms with Gasteiger partial charge in [0, 0.05) is 59.3 Å². The van der Waals surface area contributed by atoms with E-state index < -0.39 is 0 Å². The highest BCUT2D eigenvalue weighted by molar-refractivity contribution is 7.26. The molecule has 0 fully saturated rings. The lowest BCUT2D eigenvalue weighted by atomic mass is 9.82. The van der Waals surface area contributed by atoms with Gasteiger partial charge in [-0.15, -0.1) is 11.3 Å². The predicted molar refractivity (Wildman–Crippen MR) is 269 cm³/mol. The normalized spacial score (nSPS) is 14.6. The first-order valence-electron chi connectivity index (χ1n) is 22.1. The third-order valence-corrected chi connectivity index (χ3v) is 14.6. The average molecular weight is 821 g/mol. The Morgan fingerprint density at radius 1 is 0.500 bits per heavy atom. The molecule has 2 heterocycles. The van der Waals surface area contributed by atoms with Crippen LogP contribution in [0.4, 0.5) is 17.1 Å². The lowest BCUT2D eigenvalue weighted by Crippen LogP contribution is -2.17. The molecule has 8 aromatic carbocycles. The molecule has 62 heavy (non-hydrogen) atoms. The van der Waals surface area contributed by atoms with Crippen LogP contribution in [0, 0.1) is 0 Å².